The van der Waals surface area contributed by atoms with Gasteiger partial charge in [-0.05, 0) is 18.4 Å². The Balaban J connectivity index is 1.86. The molecule has 2 aromatic heterocycles. The number of hydrazine groups is 1. The average molecular weight is 323 g/mol. The molecule has 0 unspecified atom stereocenters. The summed E-state index contributed by atoms with van der Waals surface area (Å²) in [6.45, 7) is 2.22. The third-order valence-electron chi connectivity index (χ3n) is 2.90. The van der Waals surface area contributed by atoms with Crippen LogP contribution in [0.25, 0.3) is 20.3 Å². The molecule has 0 saturated heterocycles. The van der Waals surface area contributed by atoms with E-state index >= 15 is 0 Å². The third kappa shape index (κ3) is 2.84. The predicted molar refractivity (Wildman–Crippen MR) is 83.3 cm³/mol. The number of thiazole rings is 1. The number of nitrogens with two attached hydrogens (primary N) is 1. The lowest BCUT2D eigenvalue weighted by atomic mass is 10.2. The molecule has 8 heteroatoms. The lowest BCUT2D eigenvalue weighted by molar-refractivity contribution is -0.151. The summed E-state index contributed by atoms with van der Waals surface area (Å²) in [6.07, 6.45) is 0.121. The number of hydrogen-bond donors (Lipinski definition) is 2. The monoisotopic (exact) mass is 323 g/mol. The topological polar surface area (TPSA) is 86.5 Å². The standard InChI is InChI=1S/C13H13N3O3S2/c1-7-15-12-10(21-7)6-9(8-3-5-20-13(8)12)18-4-2-11(17)19-16-14/h3,5-6,16H,2,4,14H2,1H3. The Morgan fingerprint density at radius 1 is 1.52 bits per heavy atom. The van der Waals surface area contributed by atoms with Crippen LogP contribution in [-0.4, -0.2) is 17.6 Å². The molecule has 0 aliphatic heterocycles. The zero-order chi connectivity index (χ0) is 14.8. The third-order valence-corrected chi connectivity index (χ3v) is 4.74. The van der Waals surface area contributed by atoms with Crippen molar-refractivity contribution in [3.8, 4) is 5.75 Å². The molecule has 6 nitrogen and oxygen atoms in total. The van der Waals surface area contributed by atoms with Crippen LogP contribution in [0.1, 0.15) is 11.4 Å². The minimum atomic E-state index is -0.464. The van der Waals surface area contributed by atoms with Gasteiger partial charge in [0.15, 0.2) is 0 Å². The molecule has 21 heavy (non-hydrogen) atoms. The van der Waals surface area contributed by atoms with E-state index in [1.807, 2.05) is 30.0 Å². The van der Waals surface area contributed by atoms with Crippen molar-refractivity contribution in [2.75, 3.05) is 6.61 Å². The minimum Gasteiger partial charge on any atom is -0.492 e. The van der Waals surface area contributed by atoms with Gasteiger partial charge in [-0.15, -0.1) is 22.7 Å². The van der Waals surface area contributed by atoms with E-state index in [9.17, 15) is 4.79 Å². The van der Waals surface area contributed by atoms with Crippen LogP contribution in [0.3, 0.4) is 0 Å². The highest BCUT2D eigenvalue weighted by molar-refractivity contribution is 7.21. The van der Waals surface area contributed by atoms with Crippen LogP contribution in [0.15, 0.2) is 17.5 Å². The molecule has 0 fully saturated rings. The van der Waals surface area contributed by atoms with Crippen molar-refractivity contribution in [1.82, 2.24) is 10.6 Å². The normalized spacial score (nSPS) is 11.1. The first-order valence-electron chi connectivity index (χ1n) is 6.24. The van der Waals surface area contributed by atoms with Gasteiger partial charge in [-0.2, -0.15) is 0 Å². The molecule has 0 amide bonds. The number of carbonyl (C=O) groups excluding carboxylic acids is 1. The van der Waals surface area contributed by atoms with E-state index in [1.165, 1.54) is 0 Å². The van der Waals surface area contributed by atoms with E-state index in [4.69, 9.17) is 10.6 Å². The molecule has 1 aromatic carbocycles. The molecular formula is C13H13N3O3S2. The molecule has 0 aliphatic carbocycles. The van der Waals surface area contributed by atoms with Gasteiger partial charge in [-0.1, -0.05) is 5.59 Å². The van der Waals surface area contributed by atoms with E-state index in [0.717, 1.165) is 31.1 Å². The van der Waals surface area contributed by atoms with Gasteiger partial charge < -0.3 is 9.57 Å². The smallest absolute Gasteiger partial charge is 0.329 e. The first kappa shape index (κ1) is 14.2. The Labute approximate surface area is 128 Å². The predicted octanol–water partition coefficient (Wildman–Crippen LogP) is 2.51. The van der Waals surface area contributed by atoms with E-state index in [0.29, 0.717) is 0 Å². The second-order valence-electron chi connectivity index (χ2n) is 4.31. The number of nitrogens with zero attached hydrogens (tertiary/aromatic N) is 1. The Morgan fingerprint density at radius 3 is 3.19 bits per heavy atom. The Morgan fingerprint density at radius 2 is 2.38 bits per heavy atom. The van der Waals surface area contributed by atoms with Crippen molar-refractivity contribution in [2.45, 2.75) is 13.3 Å². The van der Waals surface area contributed by atoms with E-state index in [-0.39, 0.29) is 13.0 Å². The summed E-state index contributed by atoms with van der Waals surface area (Å²) in [5.74, 6) is 5.20. The van der Waals surface area contributed by atoms with Crippen molar-refractivity contribution in [1.29, 1.82) is 0 Å². The Hall–Kier alpha value is -1.74. The molecule has 0 bridgehead atoms. The number of thiophene rings is 1. The fourth-order valence-corrected chi connectivity index (χ4v) is 3.90. The lowest BCUT2D eigenvalue weighted by Gasteiger charge is -2.07. The van der Waals surface area contributed by atoms with Crippen molar-refractivity contribution in [2.24, 2.45) is 5.84 Å². The SMILES string of the molecule is Cc1nc2c(cc(OCCC(=O)ONN)c3ccsc32)s1. The summed E-state index contributed by atoms with van der Waals surface area (Å²) in [6, 6.07) is 3.98. The van der Waals surface area contributed by atoms with Gasteiger partial charge >= 0.3 is 5.97 Å². The highest BCUT2D eigenvalue weighted by Crippen LogP contribution is 2.38. The maximum atomic E-state index is 11.2. The molecule has 0 atom stereocenters. The van der Waals surface area contributed by atoms with Crippen LogP contribution in [0, 0.1) is 6.92 Å². The van der Waals surface area contributed by atoms with Crippen LogP contribution < -0.4 is 16.2 Å². The van der Waals surface area contributed by atoms with Gasteiger partial charge in [-0.3, -0.25) is 4.79 Å². The summed E-state index contributed by atoms with van der Waals surface area (Å²) in [5.41, 5.74) is 2.87. The number of benzene rings is 1. The fraction of sp³-hybridized carbons (Fsp3) is 0.231. The zero-order valence-corrected chi connectivity index (χ0v) is 12.8. The number of fused-ring (bicyclic) bond motifs is 3. The summed E-state index contributed by atoms with van der Waals surface area (Å²) < 4.78 is 7.92. The largest absolute Gasteiger partial charge is 0.492 e. The van der Waals surface area contributed by atoms with E-state index in [1.54, 1.807) is 22.7 Å². The van der Waals surface area contributed by atoms with Crippen molar-refractivity contribution >= 4 is 48.9 Å². The minimum absolute atomic E-state index is 0.121. The van der Waals surface area contributed by atoms with Crippen molar-refractivity contribution in [3.63, 3.8) is 0 Å². The number of nitrogens with one attached hydrogen (secondary N) is 1. The number of aryl methyl sites for hydroxylation is 1. The molecule has 3 N–H and O–H groups in total. The van der Waals surface area contributed by atoms with Crippen LogP contribution >= 0.6 is 22.7 Å². The first-order chi connectivity index (χ1) is 10.2. The van der Waals surface area contributed by atoms with E-state index < -0.39 is 5.97 Å². The second-order valence-corrected chi connectivity index (χ2v) is 6.46. The summed E-state index contributed by atoms with van der Waals surface area (Å²) in [5, 5.41) is 4.05. The highest BCUT2D eigenvalue weighted by atomic mass is 32.1. The first-order valence-corrected chi connectivity index (χ1v) is 7.94. The van der Waals surface area contributed by atoms with Gasteiger partial charge in [0.25, 0.3) is 0 Å². The van der Waals surface area contributed by atoms with Crippen LogP contribution in [0.5, 0.6) is 5.75 Å². The average Bonchev–Trinajstić information content (AvgIpc) is 3.04. The number of ether oxygens (including phenoxy) is 1. The number of rotatable bonds is 5. The van der Waals surface area contributed by atoms with Crippen LogP contribution in [-0.2, 0) is 9.63 Å². The summed E-state index contributed by atoms with van der Waals surface area (Å²) in [7, 11) is 0. The van der Waals surface area contributed by atoms with E-state index in [2.05, 4.69) is 9.82 Å². The van der Waals surface area contributed by atoms with Gasteiger partial charge in [-0.25, -0.2) is 10.8 Å². The molecule has 3 rings (SSSR count). The molecule has 3 aromatic rings. The Bertz CT molecular complexity index is 797. The molecular weight excluding hydrogens is 310 g/mol. The number of carbonyl (C=O) groups is 1. The van der Waals surface area contributed by atoms with Crippen molar-refractivity contribution < 1.29 is 14.4 Å². The number of hydrogen-bond acceptors (Lipinski definition) is 8. The maximum absolute atomic E-state index is 11.2. The zero-order valence-electron chi connectivity index (χ0n) is 11.2. The van der Waals surface area contributed by atoms with Gasteiger partial charge in [0.2, 0.25) is 0 Å². The van der Waals surface area contributed by atoms with Gasteiger partial charge in [0, 0.05) is 11.5 Å². The molecule has 0 radical (unpaired) electrons. The van der Waals surface area contributed by atoms with Gasteiger partial charge in [0.1, 0.15) is 5.75 Å². The molecule has 110 valence electrons. The lowest BCUT2D eigenvalue weighted by Crippen LogP contribution is -2.26. The molecule has 0 aliphatic rings. The number of aromatic nitrogens is 1. The fourth-order valence-electron chi connectivity index (χ4n) is 2.07. The van der Waals surface area contributed by atoms with Crippen molar-refractivity contribution in [3.05, 3.63) is 22.5 Å². The highest BCUT2D eigenvalue weighted by Gasteiger charge is 2.13. The van der Waals surface area contributed by atoms with Crippen LogP contribution in [0.2, 0.25) is 0 Å². The van der Waals surface area contributed by atoms with Crippen LogP contribution in [0.4, 0.5) is 0 Å². The molecule has 0 spiro atoms. The molecule has 2 heterocycles. The maximum Gasteiger partial charge on any atom is 0.329 e. The summed E-state index contributed by atoms with van der Waals surface area (Å²) in [4.78, 5) is 20.2. The van der Waals surface area contributed by atoms with Gasteiger partial charge in [0.05, 0.1) is 33.0 Å². The molecule has 0 saturated carbocycles. The quantitative estimate of drug-likeness (QED) is 0.554. The second kappa shape index (κ2) is 5.94. The Kier molecular flexibility index (Phi) is 4.02. The summed E-state index contributed by atoms with van der Waals surface area (Å²) >= 11 is 3.27.